The van der Waals surface area contributed by atoms with Crippen LogP contribution in [0.4, 0.5) is 0 Å². The number of benzene rings is 2. The van der Waals surface area contributed by atoms with Crippen LogP contribution in [0.15, 0.2) is 47.6 Å². The Kier molecular flexibility index (Phi) is 7.67. The normalized spacial score (nSPS) is 11.9. The van der Waals surface area contributed by atoms with Crippen molar-refractivity contribution < 1.29 is 19.1 Å². The first-order valence-corrected chi connectivity index (χ1v) is 8.83. The van der Waals surface area contributed by atoms with Gasteiger partial charge in [0.2, 0.25) is 0 Å². The Morgan fingerprint density at radius 3 is 2.52 bits per heavy atom. The Hall–Kier alpha value is -3.02. The van der Waals surface area contributed by atoms with Crippen molar-refractivity contribution in [2.45, 2.75) is 26.3 Å². The summed E-state index contributed by atoms with van der Waals surface area (Å²) in [6, 6.07) is 13.5. The number of hydrogen-bond acceptors (Lipinski definition) is 5. The molecule has 0 radical (unpaired) electrons. The second kappa shape index (κ2) is 10.2. The third-order valence-electron chi connectivity index (χ3n) is 4.16. The molecule has 0 fully saturated rings. The molecular weight excluding hydrogens is 344 g/mol. The Morgan fingerprint density at radius 2 is 1.89 bits per heavy atom. The highest BCUT2D eigenvalue weighted by Gasteiger charge is 2.10. The van der Waals surface area contributed by atoms with Crippen LogP contribution < -0.4 is 14.8 Å². The van der Waals surface area contributed by atoms with Crippen LogP contribution in [0.25, 0.3) is 0 Å². The molecule has 2 aromatic rings. The van der Waals surface area contributed by atoms with Crippen molar-refractivity contribution in [2.75, 3.05) is 20.8 Å². The van der Waals surface area contributed by atoms with Crippen LogP contribution in [-0.2, 0) is 16.1 Å². The molecule has 0 heterocycles. The number of rotatable bonds is 9. The second-order valence-electron chi connectivity index (χ2n) is 5.98. The number of nitrogens with zero attached hydrogens (tertiary/aromatic N) is 1. The maximum absolute atomic E-state index is 12.0. The molecule has 1 N–H and O–H groups in total. The van der Waals surface area contributed by atoms with Gasteiger partial charge in [-0.05, 0) is 36.6 Å². The minimum absolute atomic E-state index is 0.102. The average Bonchev–Trinajstić information content (AvgIpc) is 2.70. The van der Waals surface area contributed by atoms with Gasteiger partial charge in [-0.15, -0.1) is 0 Å². The first-order valence-electron chi connectivity index (χ1n) is 8.83. The number of carbonyl (C=O) groups is 1. The van der Waals surface area contributed by atoms with E-state index < -0.39 is 0 Å². The lowest BCUT2D eigenvalue weighted by atomic mass is 10.1. The van der Waals surface area contributed by atoms with E-state index in [1.807, 2.05) is 31.2 Å². The standard InChI is InChI=1S/C21H26N2O4/c1-5-16-9-11-17(12-10-16)15(2)23-20(24)14-27-22-13-18-7-6-8-19(25-3)21(18)26-4/h6-13,15H,5,14H2,1-4H3,(H,23,24)/b22-13-/t15-/m1/s1. The number of para-hydroxylation sites is 1. The van der Waals surface area contributed by atoms with Crippen LogP contribution in [0.2, 0.25) is 0 Å². The lowest BCUT2D eigenvalue weighted by Gasteiger charge is -2.14. The monoisotopic (exact) mass is 370 g/mol. The number of nitrogens with one attached hydrogen (secondary N) is 1. The lowest BCUT2D eigenvalue weighted by molar-refractivity contribution is -0.126. The molecule has 1 atom stereocenters. The number of amides is 1. The number of aryl methyl sites for hydroxylation is 1. The van der Waals surface area contributed by atoms with Crippen LogP contribution in [0, 0.1) is 0 Å². The maximum Gasteiger partial charge on any atom is 0.261 e. The van der Waals surface area contributed by atoms with E-state index >= 15 is 0 Å². The Morgan fingerprint density at radius 1 is 1.15 bits per heavy atom. The van der Waals surface area contributed by atoms with E-state index in [-0.39, 0.29) is 18.6 Å². The zero-order valence-electron chi connectivity index (χ0n) is 16.2. The molecule has 0 aliphatic rings. The summed E-state index contributed by atoms with van der Waals surface area (Å²) in [6.07, 6.45) is 2.48. The topological polar surface area (TPSA) is 69.2 Å². The molecule has 6 heteroatoms. The fourth-order valence-electron chi connectivity index (χ4n) is 2.61. The predicted molar refractivity (Wildman–Crippen MR) is 105 cm³/mol. The first kappa shape index (κ1) is 20.3. The van der Waals surface area contributed by atoms with Gasteiger partial charge in [-0.25, -0.2) is 0 Å². The molecule has 2 rings (SSSR count). The van der Waals surface area contributed by atoms with Crippen LogP contribution in [-0.4, -0.2) is 32.9 Å². The molecule has 2 aromatic carbocycles. The van der Waals surface area contributed by atoms with Crippen molar-refractivity contribution in [2.24, 2.45) is 5.16 Å². The predicted octanol–water partition coefficient (Wildman–Crippen LogP) is 3.49. The van der Waals surface area contributed by atoms with Crippen LogP contribution in [0.3, 0.4) is 0 Å². The van der Waals surface area contributed by atoms with Crippen molar-refractivity contribution in [1.29, 1.82) is 0 Å². The third-order valence-corrected chi connectivity index (χ3v) is 4.16. The third kappa shape index (κ3) is 5.74. The molecule has 1 amide bonds. The van der Waals surface area contributed by atoms with Gasteiger partial charge in [-0.2, -0.15) is 0 Å². The molecule has 0 spiro atoms. The molecule has 0 unspecified atom stereocenters. The molecule has 6 nitrogen and oxygen atoms in total. The summed E-state index contributed by atoms with van der Waals surface area (Å²) in [5.74, 6) is 0.917. The van der Waals surface area contributed by atoms with E-state index in [4.69, 9.17) is 14.3 Å². The SMILES string of the molecule is CCc1ccc([C@@H](C)NC(=O)CO/N=C\c2cccc(OC)c2OC)cc1. The van der Waals surface area contributed by atoms with Crippen LogP contribution in [0.5, 0.6) is 11.5 Å². The summed E-state index contributed by atoms with van der Waals surface area (Å²) in [5.41, 5.74) is 3.01. The summed E-state index contributed by atoms with van der Waals surface area (Å²) in [4.78, 5) is 17.1. The number of hydrogen-bond donors (Lipinski definition) is 1. The highest BCUT2D eigenvalue weighted by atomic mass is 16.6. The summed E-state index contributed by atoms with van der Waals surface area (Å²) < 4.78 is 10.5. The van der Waals surface area contributed by atoms with Gasteiger partial charge in [0.1, 0.15) is 0 Å². The zero-order valence-corrected chi connectivity index (χ0v) is 16.2. The van der Waals surface area contributed by atoms with Crippen molar-refractivity contribution in [3.8, 4) is 11.5 Å². The number of methoxy groups -OCH3 is 2. The van der Waals surface area contributed by atoms with E-state index in [0.29, 0.717) is 17.1 Å². The van der Waals surface area contributed by atoms with Gasteiger partial charge in [-0.1, -0.05) is 42.4 Å². The van der Waals surface area contributed by atoms with Gasteiger partial charge in [0.05, 0.1) is 26.5 Å². The van der Waals surface area contributed by atoms with E-state index in [1.54, 1.807) is 20.3 Å². The smallest absolute Gasteiger partial charge is 0.261 e. The van der Waals surface area contributed by atoms with Gasteiger partial charge in [0.15, 0.2) is 18.1 Å². The molecule has 0 aliphatic heterocycles. The first-order chi connectivity index (χ1) is 13.1. The summed E-state index contributed by atoms with van der Waals surface area (Å²) in [7, 11) is 3.12. The fourth-order valence-corrected chi connectivity index (χ4v) is 2.61. The molecule has 0 aromatic heterocycles. The molecule has 0 aliphatic carbocycles. The molecular formula is C21H26N2O4. The number of ether oxygens (including phenoxy) is 2. The van der Waals surface area contributed by atoms with Gasteiger partial charge < -0.3 is 19.6 Å². The summed E-state index contributed by atoms with van der Waals surface area (Å²) in [6.45, 7) is 3.88. The largest absolute Gasteiger partial charge is 0.493 e. The van der Waals surface area contributed by atoms with Gasteiger partial charge in [0, 0.05) is 5.56 Å². The van der Waals surface area contributed by atoms with Crippen molar-refractivity contribution in [3.63, 3.8) is 0 Å². The highest BCUT2D eigenvalue weighted by molar-refractivity contribution is 5.85. The van der Waals surface area contributed by atoms with E-state index in [1.165, 1.54) is 11.8 Å². The number of oxime groups is 1. The Balaban J connectivity index is 1.86. The van der Waals surface area contributed by atoms with Gasteiger partial charge >= 0.3 is 0 Å². The van der Waals surface area contributed by atoms with Crippen LogP contribution >= 0.6 is 0 Å². The minimum atomic E-state index is -0.239. The van der Waals surface area contributed by atoms with Crippen molar-refractivity contribution >= 4 is 12.1 Å². The maximum atomic E-state index is 12.0. The average molecular weight is 370 g/mol. The second-order valence-corrected chi connectivity index (χ2v) is 5.98. The van der Waals surface area contributed by atoms with Crippen LogP contribution in [0.1, 0.15) is 36.6 Å². The van der Waals surface area contributed by atoms with E-state index in [0.717, 1.165) is 12.0 Å². The number of carbonyl (C=O) groups excluding carboxylic acids is 1. The summed E-state index contributed by atoms with van der Waals surface area (Å²) in [5, 5.41) is 6.74. The summed E-state index contributed by atoms with van der Waals surface area (Å²) >= 11 is 0. The highest BCUT2D eigenvalue weighted by Crippen LogP contribution is 2.29. The molecule has 0 bridgehead atoms. The Bertz CT molecular complexity index is 772. The molecule has 27 heavy (non-hydrogen) atoms. The molecule has 144 valence electrons. The van der Waals surface area contributed by atoms with Gasteiger partial charge in [-0.3, -0.25) is 4.79 Å². The van der Waals surface area contributed by atoms with E-state index in [9.17, 15) is 4.79 Å². The molecule has 0 saturated carbocycles. The zero-order chi connectivity index (χ0) is 19.6. The fraction of sp³-hybridized carbons (Fsp3) is 0.333. The molecule has 0 saturated heterocycles. The Labute approximate surface area is 160 Å². The lowest BCUT2D eigenvalue weighted by Crippen LogP contribution is -2.29. The van der Waals surface area contributed by atoms with Crippen molar-refractivity contribution in [3.05, 3.63) is 59.2 Å². The quantitative estimate of drug-likeness (QED) is 0.542. The van der Waals surface area contributed by atoms with E-state index in [2.05, 4.69) is 29.5 Å². The van der Waals surface area contributed by atoms with Crippen molar-refractivity contribution in [1.82, 2.24) is 5.32 Å². The minimum Gasteiger partial charge on any atom is -0.493 e. The van der Waals surface area contributed by atoms with Gasteiger partial charge in [0.25, 0.3) is 5.91 Å².